The number of nitrogens with zero attached hydrogens (tertiary/aromatic N) is 1. The summed E-state index contributed by atoms with van der Waals surface area (Å²) in [7, 11) is 2.09. The largest absolute Gasteiger partial charge is 0.468 e. The van der Waals surface area contributed by atoms with Gasteiger partial charge in [0, 0.05) is 0 Å². The molecule has 0 N–H and O–H groups in total. The van der Waals surface area contributed by atoms with Crippen molar-refractivity contribution in [3.05, 3.63) is 29.8 Å². The van der Waals surface area contributed by atoms with Crippen LogP contribution in [0.5, 0.6) is 0 Å². The van der Waals surface area contributed by atoms with Crippen molar-refractivity contribution in [2.24, 2.45) is 11.3 Å². The quantitative estimate of drug-likeness (QED) is 0.355. The fourth-order valence-corrected chi connectivity index (χ4v) is 3.86. The monoisotopic (exact) mass is 463 g/mol. The molecule has 1 heterocycles. The Hall–Kier alpha value is -3.43. The third-order valence-corrected chi connectivity index (χ3v) is 5.29. The van der Waals surface area contributed by atoms with Crippen LogP contribution in [0.4, 0.5) is 10.5 Å². The van der Waals surface area contributed by atoms with E-state index in [2.05, 4.69) is 0 Å². The second kappa shape index (κ2) is 9.60. The number of methoxy groups -OCH3 is 2. The summed E-state index contributed by atoms with van der Waals surface area (Å²) in [5, 5.41) is 0. The zero-order valence-corrected chi connectivity index (χ0v) is 19.8. The fourth-order valence-electron chi connectivity index (χ4n) is 3.86. The Balaban J connectivity index is 2.75. The van der Waals surface area contributed by atoms with Gasteiger partial charge in [-0.15, -0.1) is 0 Å². The van der Waals surface area contributed by atoms with Crippen molar-refractivity contribution >= 4 is 35.6 Å². The lowest BCUT2D eigenvalue weighted by Gasteiger charge is -2.34. The molecule has 2 atom stereocenters. The number of anilines is 1. The number of hydrogen-bond donors (Lipinski definition) is 0. The van der Waals surface area contributed by atoms with Gasteiger partial charge in [-0.2, -0.15) is 0 Å². The Morgan fingerprint density at radius 3 is 2.03 bits per heavy atom. The second-order valence-electron chi connectivity index (χ2n) is 8.61. The number of ether oxygens (including phenoxy) is 4. The molecule has 0 aromatic heterocycles. The minimum atomic E-state index is -2.24. The first-order valence-corrected chi connectivity index (χ1v) is 10.3. The zero-order chi connectivity index (χ0) is 25.1. The summed E-state index contributed by atoms with van der Waals surface area (Å²) in [6.45, 7) is 7.54. The summed E-state index contributed by atoms with van der Waals surface area (Å²) in [5.41, 5.74) is -2.72. The van der Waals surface area contributed by atoms with Gasteiger partial charge < -0.3 is 18.9 Å². The Morgan fingerprint density at radius 2 is 1.55 bits per heavy atom. The molecule has 10 heteroatoms. The molecular weight excluding hydrogens is 434 g/mol. The third kappa shape index (κ3) is 4.69. The molecule has 33 heavy (non-hydrogen) atoms. The van der Waals surface area contributed by atoms with E-state index in [-0.39, 0.29) is 17.9 Å². The van der Waals surface area contributed by atoms with Crippen molar-refractivity contribution in [3.63, 3.8) is 0 Å². The van der Waals surface area contributed by atoms with E-state index in [1.54, 1.807) is 39.8 Å². The van der Waals surface area contributed by atoms with Crippen molar-refractivity contribution in [1.29, 1.82) is 0 Å². The number of benzene rings is 1. The van der Waals surface area contributed by atoms with Crippen LogP contribution in [0.2, 0.25) is 0 Å². The molecule has 2 amide bonds. The van der Waals surface area contributed by atoms with Crippen LogP contribution in [-0.2, 0) is 38.1 Å². The van der Waals surface area contributed by atoms with Crippen molar-refractivity contribution in [3.8, 4) is 0 Å². The number of amides is 2. The summed E-state index contributed by atoms with van der Waals surface area (Å²) in [6.07, 6.45) is -0.956. The van der Waals surface area contributed by atoms with Crippen molar-refractivity contribution in [2.75, 3.05) is 25.7 Å². The number of esters is 3. The molecule has 0 spiro atoms. The van der Waals surface area contributed by atoms with Gasteiger partial charge >= 0.3 is 24.0 Å². The molecule has 10 nitrogen and oxygen atoms in total. The molecule has 0 aliphatic carbocycles. The summed E-state index contributed by atoms with van der Waals surface area (Å²) >= 11 is 0. The molecule has 0 radical (unpaired) electrons. The molecule has 1 aromatic carbocycles. The minimum Gasteiger partial charge on any atom is -0.468 e. The maximum Gasteiger partial charge on any atom is 0.421 e. The number of imide groups is 1. The zero-order valence-electron chi connectivity index (χ0n) is 19.8. The molecule has 1 aliphatic rings. The molecule has 1 aromatic rings. The third-order valence-electron chi connectivity index (χ3n) is 5.29. The SMILES string of the molecule is CCOC(=O)C(C1C(=O)N(C(=O)OC(C)(C)C)c2ccccc21)C(C)(C(=O)OC)C(=O)OC. The predicted molar refractivity (Wildman–Crippen MR) is 115 cm³/mol. The normalized spacial score (nSPS) is 16.5. The van der Waals surface area contributed by atoms with E-state index in [1.807, 2.05) is 0 Å². The average Bonchev–Trinajstić information content (AvgIpc) is 3.03. The highest BCUT2D eigenvalue weighted by Crippen LogP contribution is 2.49. The molecule has 1 aliphatic heterocycles. The number of carbonyl (C=O) groups excluding carboxylic acids is 5. The second-order valence-corrected chi connectivity index (χ2v) is 8.61. The number of carbonyl (C=O) groups is 5. The van der Waals surface area contributed by atoms with E-state index in [1.165, 1.54) is 12.1 Å². The van der Waals surface area contributed by atoms with E-state index >= 15 is 0 Å². The van der Waals surface area contributed by atoms with Gasteiger partial charge in [-0.1, -0.05) is 18.2 Å². The van der Waals surface area contributed by atoms with Gasteiger partial charge in [-0.05, 0) is 46.2 Å². The van der Waals surface area contributed by atoms with E-state index in [4.69, 9.17) is 18.9 Å². The van der Waals surface area contributed by atoms with Gasteiger partial charge in [-0.25, -0.2) is 9.69 Å². The number of hydrogen-bond acceptors (Lipinski definition) is 9. The molecule has 2 unspecified atom stereocenters. The lowest BCUT2D eigenvalue weighted by molar-refractivity contribution is -0.181. The Kier molecular flexibility index (Phi) is 7.51. The Morgan fingerprint density at radius 1 is 1.00 bits per heavy atom. The van der Waals surface area contributed by atoms with Crippen molar-refractivity contribution in [1.82, 2.24) is 0 Å². The summed E-state index contributed by atoms with van der Waals surface area (Å²) in [6, 6.07) is 6.25. The molecule has 0 bridgehead atoms. The van der Waals surface area contributed by atoms with Gasteiger partial charge in [0.05, 0.1) is 38.3 Å². The molecule has 180 valence electrons. The number of rotatable bonds is 6. The maximum absolute atomic E-state index is 13.6. The fraction of sp³-hybridized carbons (Fsp3) is 0.522. The van der Waals surface area contributed by atoms with E-state index in [0.717, 1.165) is 26.0 Å². The maximum atomic E-state index is 13.6. The van der Waals surface area contributed by atoms with Crippen LogP contribution in [0, 0.1) is 11.3 Å². The minimum absolute atomic E-state index is 0.0773. The van der Waals surface area contributed by atoms with Crippen LogP contribution in [0.3, 0.4) is 0 Å². The van der Waals surface area contributed by atoms with Gasteiger partial charge in [0.1, 0.15) is 5.60 Å². The average molecular weight is 463 g/mol. The van der Waals surface area contributed by atoms with Gasteiger partial charge in [0.25, 0.3) is 0 Å². The lowest BCUT2D eigenvalue weighted by atomic mass is 9.68. The van der Waals surface area contributed by atoms with E-state index < -0.39 is 52.8 Å². The van der Waals surface area contributed by atoms with Crippen LogP contribution < -0.4 is 4.90 Å². The number of fused-ring (bicyclic) bond motifs is 1. The van der Waals surface area contributed by atoms with Crippen LogP contribution in [0.15, 0.2) is 24.3 Å². The molecule has 0 fully saturated rings. The van der Waals surface area contributed by atoms with Crippen molar-refractivity contribution in [2.45, 2.75) is 46.1 Å². The Bertz CT molecular complexity index is 947. The summed E-state index contributed by atoms with van der Waals surface area (Å²) in [5.74, 6) is -7.12. The molecule has 0 saturated carbocycles. The highest BCUT2D eigenvalue weighted by molar-refractivity contribution is 6.21. The van der Waals surface area contributed by atoms with Crippen LogP contribution in [0.25, 0.3) is 0 Å². The first kappa shape index (κ1) is 25.8. The Labute approximate surface area is 192 Å². The van der Waals surface area contributed by atoms with Crippen LogP contribution in [-0.4, -0.2) is 56.3 Å². The smallest absolute Gasteiger partial charge is 0.421 e. The van der Waals surface area contributed by atoms with Gasteiger partial charge in [0.15, 0.2) is 5.41 Å². The molecule has 0 saturated heterocycles. The lowest BCUT2D eigenvalue weighted by Crippen LogP contribution is -2.52. The summed E-state index contributed by atoms with van der Waals surface area (Å²) in [4.78, 5) is 66.1. The molecule has 2 rings (SSSR count). The highest BCUT2D eigenvalue weighted by Gasteiger charge is 2.62. The standard InChI is InChI=1S/C23H29NO9/c1-8-32-18(26)16(23(5,19(27)30-6)20(28)31-7)15-13-11-9-10-12-14(13)24(17(15)25)21(29)33-22(2,3)4/h9-12,15-16H,8H2,1-7H3. The summed E-state index contributed by atoms with van der Waals surface area (Å²) < 4.78 is 20.1. The predicted octanol–water partition coefficient (Wildman–Crippen LogP) is 2.58. The van der Waals surface area contributed by atoms with Gasteiger partial charge in [-0.3, -0.25) is 19.2 Å². The van der Waals surface area contributed by atoms with Crippen LogP contribution >= 0.6 is 0 Å². The first-order valence-electron chi connectivity index (χ1n) is 10.3. The topological polar surface area (TPSA) is 126 Å². The van der Waals surface area contributed by atoms with Crippen LogP contribution in [0.1, 0.15) is 46.1 Å². The van der Waals surface area contributed by atoms with E-state index in [9.17, 15) is 24.0 Å². The number of para-hydroxylation sites is 1. The molecular formula is C23H29NO9. The first-order chi connectivity index (χ1) is 15.3. The highest BCUT2D eigenvalue weighted by atomic mass is 16.6. The van der Waals surface area contributed by atoms with Crippen molar-refractivity contribution < 1.29 is 42.9 Å². The van der Waals surface area contributed by atoms with E-state index in [0.29, 0.717) is 0 Å². The van der Waals surface area contributed by atoms with Gasteiger partial charge in [0.2, 0.25) is 5.91 Å².